The summed E-state index contributed by atoms with van der Waals surface area (Å²) in [5, 5.41) is 6.16. The van der Waals surface area contributed by atoms with Crippen molar-refractivity contribution in [3.05, 3.63) is 30.1 Å². The third-order valence-electron chi connectivity index (χ3n) is 6.06. The van der Waals surface area contributed by atoms with Crippen LogP contribution < -0.4 is 10.6 Å². The number of fused-ring (bicyclic) bond motifs is 1. The van der Waals surface area contributed by atoms with Crippen LogP contribution in [0, 0.1) is 11.8 Å². The van der Waals surface area contributed by atoms with Gasteiger partial charge in [0.25, 0.3) is 0 Å². The SMILES string of the molecule is CC(=O)N1CC(CNC(=O)NC(c2nc3ccccc3[nH]2)C2CCCCC2)C1. The van der Waals surface area contributed by atoms with Gasteiger partial charge in [0.2, 0.25) is 5.91 Å². The Morgan fingerprint density at radius 2 is 1.96 bits per heavy atom. The van der Waals surface area contributed by atoms with E-state index in [9.17, 15) is 9.59 Å². The molecule has 1 atom stereocenters. The lowest BCUT2D eigenvalue weighted by Crippen LogP contribution is -2.54. The first-order valence-corrected chi connectivity index (χ1v) is 10.3. The number of carbonyl (C=O) groups excluding carboxylic acids is 2. The van der Waals surface area contributed by atoms with Gasteiger partial charge in [0.1, 0.15) is 5.82 Å². The lowest BCUT2D eigenvalue weighted by atomic mass is 9.83. The molecule has 1 aromatic carbocycles. The van der Waals surface area contributed by atoms with E-state index in [4.69, 9.17) is 4.98 Å². The van der Waals surface area contributed by atoms with E-state index in [1.54, 1.807) is 11.8 Å². The van der Waals surface area contributed by atoms with Crippen LogP contribution >= 0.6 is 0 Å². The van der Waals surface area contributed by atoms with Crippen molar-refractivity contribution in [3.8, 4) is 0 Å². The molecule has 1 saturated heterocycles. The van der Waals surface area contributed by atoms with Gasteiger partial charge in [-0.3, -0.25) is 4.79 Å². The van der Waals surface area contributed by atoms with Gasteiger partial charge in [0, 0.05) is 32.5 Å². The zero-order chi connectivity index (χ0) is 19.5. The van der Waals surface area contributed by atoms with E-state index in [-0.39, 0.29) is 18.0 Å². The largest absolute Gasteiger partial charge is 0.342 e. The molecule has 2 fully saturated rings. The van der Waals surface area contributed by atoms with Gasteiger partial charge in [0.15, 0.2) is 0 Å². The first-order chi connectivity index (χ1) is 13.6. The number of nitrogens with zero attached hydrogens (tertiary/aromatic N) is 2. The molecule has 1 aliphatic carbocycles. The number of para-hydroxylation sites is 2. The third-order valence-corrected chi connectivity index (χ3v) is 6.06. The maximum atomic E-state index is 12.6. The number of H-pyrrole nitrogens is 1. The lowest BCUT2D eigenvalue weighted by Gasteiger charge is -2.38. The summed E-state index contributed by atoms with van der Waals surface area (Å²) in [4.78, 5) is 33.8. The van der Waals surface area contributed by atoms with Crippen molar-refractivity contribution >= 4 is 23.0 Å². The minimum absolute atomic E-state index is 0.1000. The van der Waals surface area contributed by atoms with E-state index < -0.39 is 0 Å². The Kier molecular flexibility index (Phi) is 5.50. The zero-order valence-corrected chi connectivity index (χ0v) is 16.4. The molecule has 2 aliphatic rings. The molecule has 1 aromatic heterocycles. The van der Waals surface area contributed by atoms with Crippen molar-refractivity contribution in [1.29, 1.82) is 0 Å². The van der Waals surface area contributed by atoms with Crippen LogP contribution in [0.2, 0.25) is 0 Å². The van der Waals surface area contributed by atoms with E-state index in [1.807, 2.05) is 24.3 Å². The van der Waals surface area contributed by atoms with Crippen LogP contribution in [0.25, 0.3) is 11.0 Å². The topological polar surface area (TPSA) is 90.1 Å². The minimum atomic E-state index is -0.155. The van der Waals surface area contributed by atoms with E-state index >= 15 is 0 Å². The quantitative estimate of drug-likeness (QED) is 0.741. The fraction of sp³-hybridized carbons (Fsp3) is 0.571. The van der Waals surface area contributed by atoms with Crippen molar-refractivity contribution in [2.45, 2.75) is 45.1 Å². The molecule has 2 heterocycles. The van der Waals surface area contributed by atoms with Crippen LogP contribution in [0.1, 0.15) is 50.9 Å². The number of imidazole rings is 1. The molecule has 3 N–H and O–H groups in total. The number of hydrogen-bond donors (Lipinski definition) is 3. The van der Waals surface area contributed by atoms with Crippen molar-refractivity contribution in [3.63, 3.8) is 0 Å². The highest BCUT2D eigenvalue weighted by Gasteiger charge is 2.31. The summed E-state index contributed by atoms with van der Waals surface area (Å²) in [6, 6.07) is 7.71. The number of urea groups is 1. The highest BCUT2D eigenvalue weighted by Crippen LogP contribution is 2.34. The number of nitrogens with one attached hydrogen (secondary N) is 3. The molecule has 2 aromatic rings. The summed E-state index contributed by atoms with van der Waals surface area (Å²) in [7, 11) is 0. The van der Waals surface area contributed by atoms with Crippen LogP contribution in [0.15, 0.2) is 24.3 Å². The molecule has 1 unspecified atom stereocenters. The first-order valence-electron chi connectivity index (χ1n) is 10.3. The summed E-state index contributed by atoms with van der Waals surface area (Å²) >= 11 is 0. The highest BCUT2D eigenvalue weighted by molar-refractivity contribution is 5.77. The number of aromatic nitrogens is 2. The Labute approximate surface area is 165 Å². The number of carbonyl (C=O) groups is 2. The van der Waals surface area contributed by atoms with Crippen LogP contribution in [-0.2, 0) is 4.79 Å². The Hall–Kier alpha value is -2.57. The van der Waals surface area contributed by atoms with E-state index in [0.29, 0.717) is 18.4 Å². The van der Waals surface area contributed by atoms with Gasteiger partial charge in [0.05, 0.1) is 17.1 Å². The number of benzene rings is 1. The molecule has 7 heteroatoms. The summed E-state index contributed by atoms with van der Waals surface area (Å²) < 4.78 is 0. The third kappa shape index (κ3) is 4.13. The molecule has 150 valence electrons. The van der Waals surface area contributed by atoms with Gasteiger partial charge in [-0.2, -0.15) is 0 Å². The van der Waals surface area contributed by atoms with Gasteiger partial charge in [-0.15, -0.1) is 0 Å². The number of hydrogen-bond acceptors (Lipinski definition) is 3. The molecule has 28 heavy (non-hydrogen) atoms. The molecule has 7 nitrogen and oxygen atoms in total. The minimum Gasteiger partial charge on any atom is -0.342 e. The van der Waals surface area contributed by atoms with Crippen LogP contribution in [0.3, 0.4) is 0 Å². The number of likely N-dealkylation sites (tertiary alicyclic amines) is 1. The summed E-state index contributed by atoms with van der Waals surface area (Å²) in [6.07, 6.45) is 5.89. The van der Waals surface area contributed by atoms with Gasteiger partial charge < -0.3 is 20.5 Å². The van der Waals surface area contributed by atoms with Crippen LogP contribution in [0.4, 0.5) is 4.79 Å². The van der Waals surface area contributed by atoms with Crippen molar-refractivity contribution < 1.29 is 9.59 Å². The molecule has 4 rings (SSSR count). The molecule has 0 spiro atoms. The van der Waals surface area contributed by atoms with Crippen LogP contribution in [-0.4, -0.2) is 46.4 Å². The van der Waals surface area contributed by atoms with Gasteiger partial charge in [-0.25, -0.2) is 9.78 Å². The Balaban J connectivity index is 1.40. The number of rotatable bonds is 5. The number of amides is 3. The molecule has 3 amide bonds. The Morgan fingerprint density at radius 1 is 1.21 bits per heavy atom. The maximum absolute atomic E-state index is 12.6. The monoisotopic (exact) mass is 383 g/mol. The van der Waals surface area contributed by atoms with Gasteiger partial charge >= 0.3 is 6.03 Å². The smallest absolute Gasteiger partial charge is 0.315 e. The maximum Gasteiger partial charge on any atom is 0.315 e. The predicted octanol–water partition coefficient (Wildman–Crippen LogP) is 2.96. The van der Waals surface area contributed by atoms with Gasteiger partial charge in [-0.05, 0) is 30.9 Å². The average Bonchev–Trinajstić information content (AvgIpc) is 3.09. The highest BCUT2D eigenvalue weighted by atomic mass is 16.2. The number of aromatic amines is 1. The molecule has 1 aliphatic heterocycles. The molecular weight excluding hydrogens is 354 g/mol. The zero-order valence-electron chi connectivity index (χ0n) is 16.4. The van der Waals surface area contributed by atoms with Crippen molar-refractivity contribution in [1.82, 2.24) is 25.5 Å². The average molecular weight is 383 g/mol. The first kappa shape index (κ1) is 18.8. The summed E-state index contributed by atoms with van der Waals surface area (Å²) in [5.74, 6) is 1.68. The molecular formula is C21H29N5O2. The Morgan fingerprint density at radius 3 is 2.68 bits per heavy atom. The standard InChI is InChI=1S/C21H29N5O2/c1-14(27)26-12-15(13-26)11-22-21(28)25-19(16-7-3-2-4-8-16)20-23-17-9-5-6-10-18(17)24-20/h5-6,9-10,15-16,19H,2-4,7-8,11-13H2,1H3,(H,23,24)(H2,22,25,28). The second kappa shape index (κ2) is 8.20. The van der Waals surface area contributed by atoms with E-state index in [0.717, 1.165) is 42.8 Å². The Bertz CT molecular complexity index is 803. The molecule has 0 radical (unpaired) electrons. The lowest BCUT2D eigenvalue weighted by molar-refractivity contribution is -0.134. The normalized spacial score (nSPS) is 19.2. The van der Waals surface area contributed by atoms with E-state index in [2.05, 4.69) is 15.6 Å². The van der Waals surface area contributed by atoms with E-state index in [1.165, 1.54) is 19.3 Å². The van der Waals surface area contributed by atoms with Crippen molar-refractivity contribution in [2.24, 2.45) is 11.8 Å². The molecule has 0 bridgehead atoms. The summed E-state index contributed by atoms with van der Waals surface area (Å²) in [5.41, 5.74) is 1.93. The fourth-order valence-electron chi connectivity index (χ4n) is 4.38. The van der Waals surface area contributed by atoms with Crippen LogP contribution in [0.5, 0.6) is 0 Å². The second-order valence-corrected chi connectivity index (χ2v) is 8.16. The fourth-order valence-corrected chi connectivity index (χ4v) is 4.38. The van der Waals surface area contributed by atoms with Crippen molar-refractivity contribution in [2.75, 3.05) is 19.6 Å². The van der Waals surface area contributed by atoms with Gasteiger partial charge in [-0.1, -0.05) is 31.4 Å². The molecule has 1 saturated carbocycles. The second-order valence-electron chi connectivity index (χ2n) is 8.16. The summed E-state index contributed by atoms with van der Waals surface area (Å²) in [6.45, 7) is 3.63. The predicted molar refractivity (Wildman–Crippen MR) is 108 cm³/mol.